The molecule has 0 saturated carbocycles. The Morgan fingerprint density at radius 1 is 1.28 bits per heavy atom. The minimum atomic E-state index is 0.145. The molecule has 0 aliphatic heterocycles. The number of nitrogens with zero attached hydrogens (tertiary/aromatic N) is 4. The van der Waals surface area contributed by atoms with Gasteiger partial charge in [0.05, 0.1) is 0 Å². The Balaban J connectivity index is 1.81. The molecule has 1 N–H and O–H groups in total. The standard InChI is InChI=1S/C11H17N5OS/c1-11(2,3)12-6-4-5-9-14-15-10(17-9)8-7-18-16-13-8/h7,12H,4-6H2,1-3H3. The lowest BCUT2D eigenvalue weighted by Crippen LogP contribution is -2.36. The molecule has 0 aromatic carbocycles. The van der Waals surface area contributed by atoms with E-state index < -0.39 is 0 Å². The molecule has 2 rings (SSSR count). The average Bonchev–Trinajstić information content (AvgIpc) is 2.93. The monoisotopic (exact) mass is 267 g/mol. The molecule has 0 atom stereocenters. The van der Waals surface area contributed by atoms with E-state index in [9.17, 15) is 0 Å². The molecule has 0 spiro atoms. The summed E-state index contributed by atoms with van der Waals surface area (Å²) in [7, 11) is 0. The van der Waals surface area contributed by atoms with Gasteiger partial charge in [-0.2, -0.15) is 0 Å². The van der Waals surface area contributed by atoms with Crippen LogP contribution in [0.4, 0.5) is 0 Å². The van der Waals surface area contributed by atoms with Crippen LogP contribution in [0, 0.1) is 0 Å². The Labute approximate surface area is 110 Å². The third-order valence-electron chi connectivity index (χ3n) is 2.27. The van der Waals surface area contributed by atoms with Gasteiger partial charge in [-0.15, -0.1) is 15.3 Å². The molecule has 6 nitrogen and oxygen atoms in total. The third kappa shape index (κ3) is 3.85. The molecule has 0 amide bonds. The molecule has 0 aliphatic rings. The van der Waals surface area contributed by atoms with Crippen molar-refractivity contribution in [2.45, 2.75) is 39.2 Å². The van der Waals surface area contributed by atoms with Gasteiger partial charge in [-0.1, -0.05) is 4.49 Å². The second kappa shape index (κ2) is 5.53. The minimum absolute atomic E-state index is 0.145. The van der Waals surface area contributed by atoms with Crippen LogP contribution in [0.5, 0.6) is 0 Å². The highest BCUT2D eigenvalue weighted by Crippen LogP contribution is 2.16. The van der Waals surface area contributed by atoms with Crippen molar-refractivity contribution in [3.05, 3.63) is 11.3 Å². The fourth-order valence-electron chi connectivity index (χ4n) is 1.42. The van der Waals surface area contributed by atoms with E-state index >= 15 is 0 Å². The molecule has 0 aliphatic carbocycles. The number of nitrogens with one attached hydrogen (secondary N) is 1. The fourth-order valence-corrected chi connectivity index (χ4v) is 1.85. The van der Waals surface area contributed by atoms with E-state index in [2.05, 4.69) is 45.9 Å². The molecule has 2 aromatic heterocycles. The van der Waals surface area contributed by atoms with Gasteiger partial charge < -0.3 is 9.73 Å². The van der Waals surface area contributed by atoms with E-state index in [-0.39, 0.29) is 5.54 Å². The molecular weight excluding hydrogens is 250 g/mol. The normalized spacial score (nSPS) is 11.9. The summed E-state index contributed by atoms with van der Waals surface area (Å²) in [6.07, 6.45) is 1.74. The van der Waals surface area contributed by atoms with Gasteiger partial charge in [0, 0.05) is 17.3 Å². The molecule has 0 radical (unpaired) electrons. The summed E-state index contributed by atoms with van der Waals surface area (Å²) in [4.78, 5) is 0. The van der Waals surface area contributed by atoms with Crippen LogP contribution in [0.2, 0.25) is 0 Å². The zero-order valence-electron chi connectivity index (χ0n) is 10.8. The van der Waals surface area contributed by atoms with E-state index in [1.165, 1.54) is 11.5 Å². The first-order valence-electron chi connectivity index (χ1n) is 5.89. The van der Waals surface area contributed by atoms with Gasteiger partial charge in [0.15, 0.2) is 5.69 Å². The Hall–Kier alpha value is -1.34. The maximum Gasteiger partial charge on any atom is 0.269 e. The molecule has 18 heavy (non-hydrogen) atoms. The molecule has 98 valence electrons. The zero-order valence-corrected chi connectivity index (χ0v) is 11.6. The van der Waals surface area contributed by atoms with Crippen LogP contribution in [-0.2, 0) is 6.42 Å². The summed E-state index contributed by atoms with van der Waals surface area (Å²) >= 11 is 1.27. The van der Waals surface area contributed by atoms with E-state index in [0.29, 0.717) is 17.5 Å². The molecular formula is C11H17N5OS. The number of hydrogen-bond donors (Lipinski definition) is 1. The number of hydrogen-bond acceptors (Lipinski definition) is 7. The van der Waals surface area contributed by atoms with E-state index in [0.717, 1.165) is 19.4 Å². The smallest absolute Gasteiger partial charge is 0.269 e. The molecule has 0 unspecified atom stereocenters. The van der Waals surface area contributed by atoms with Crippen LogP contribution in [0.3, 0.4) is 0 Å². The highest BCUT2D eigenvalue weighted by molar-refractivity contribution is 7.03. The summed E-state index contributed by atoms with van der Waals surface area (Å²) < 4.78 is 9.28. The highest BCUT2D eigenvalue weighted by atomic mass is 32.1. The van der Waals surface area contributed by atoms with Crippen LogP contribution < -0.4 is 5.32 Å². The van der Waals surface area contributed by atoms with Crippen molar-refractivity contribution in [1.29, 1.82) is 0 Å². The van der Waals surface area contributed by atoms with Gasteiger partial charge in [0.2, 0.25) is 5.89 Å². The Morgan fingerprint density at radius 3 is 2.78 bits per heavy atom. The van der Waals surface area contributed by atoms with Gasteiger partial charge in [-0.25, -0.2) is 0 Å². The molecule has 7 heteroatoms. The van der Waals surface area contributed by atoms with Gasteiger partial charge in [-0.05, 0) is 45.3 Å². The lowest BCUT2D eigenvalue weighted by molar-refractivity contribution is 0.412. The number of aryl methyl sites for hydroxylation is 1. The van der Waals surface area contributed by atoms with Crippen LogP contribution in [0.15, 0.2) is 9.80 Å². The first kappa shape index (κ1) is 13.1. The summed E-state index contributed by atoms with van der Waals surface area (Å²) in [5.41, 5.74) is 0.790. The van der Waals surface area contributed by atoms with Crippen molar-refractivity contribution in [2.75, 3.05) is 6.54 Å². The molecule has 0 fully saturated rings. The van der Waals surface area contributed by atoms with E-state index in [4.69, 9.17) is 4.42 Å². The van der Waals surface area contributed by atoms with Crippen molar-refractivity contribution in [3.8, 4) is 11.6 Å². The van der Waals surface area contributed by atoms with Gasteiger partial charge in [0.25, 0.3) is 5.89 Å². The number of aromatic nitrogens is 4. The van der Waals surface area contributed by atoms with Crippen molar-refractivity contribution >= 4 is 11.5 Å². The van der Waals surface area contributed by atoms with Crippen LogP contribution >= 0.6 is 11.5 Å². The van der Waals surface area contributed by atoms with Crippen molar-refractivity contribution in [2.24, 2.45) is 0 Å². The fraction of sp³-hybridized carbons (Fsp3) is 0.636. The first-order valence-corrected chi connectivity index (χ1v) is 6.73. The van der Waals surface area contributed by atoms with Crippen LogP contribution in [0.1, 0.15) is 33.1 Å². The predicted octanol–water partition coefficient (Wildman–Crippen LogP) is 1.91. The second-order valence-corrected chi connectivity index (χ2v) is 5.68. The zero-order chi connectivity index (χ0) is 13.0. The lowest BCUT2D eigenvalue weighted by Gasteiger charge is -2.19. The molecule has 0 bridgehead atoms. The van der Waals surface area contributed by atoms with Crippen molar-refractivity contribution in [3.63, 3.8) is 0 Å². The van der Waals surface area contributed by atoms with E-state index in [1.807, 2.05) is 0 Å². The molecule has 0 saturated heterocycles. The Morgan fingerprint density at radius 2 is 2.11 bits per heavy atom. The SMILES string of the molecule is CC(C)(C)NCCCc1nnc(-c2csnn2)o1. The highest BCUT2D eigenvalue weighted by Gasteiger charge is 2.11. The maximum atomic E-state index is 5.51. The van der Waals surface area contributed by atoms with Gasteiger partial charge >= 0.3 is 0 Å². The maximum absolute atomic E-state index is 5.51. The minimum Gasteiger partial charge on any atom is -0.419 e. The average molecular weight is 267 g/mol. The Bertz CT molecular complexity index is 474. The third-order valence-corrected chi connectivity index (χ3v) is 2.77. The van der Waals surface area contributed by atoms with Gasteiger partial charge in [-0.3, -0.25) is 0 Å². The number of rotatable bonds is 5. The van der Waals surface area contributed by atoms with Gasteiger partial charge in [0.1, 0.15) is 0 Å². The quantitative estimate of drug-likeness (QED) is 0.834. The summed E-state index contributed by atoms with van der Waals surface area (Å²) in [6, 6.07) is 0. The summed E-state index contributed by atoms with van der Waals surface area (Å²) in [6.45, 7) is 7.37. The Kier molecular flexibility index (Phi) is 4.03. The topological polar surface area (TPSA) is 76.7 Å². The molecule has 2 aromatic rings. The second-order valence-electron chi connectivity index (χ2n) is 5.07. The summed E-state index contributed by atoms with van der Waals surface area (Å²) in [5, 5.41) is 17.0. The van der Waals surface area contributed by atoms with Crippen LogP contribution in [0.25, 0.3) is 11.6 Å². The molecule has 2 heterocycles. The van der Waals surface area contributed by atoms with Crippen molar-refractivity contribution < 1.29 is 4.42 Å². The predicted molar refractivity (Wildman–Crippen MR) is 69.3 cm³/mol. The lowest BCUT2D eigenvalue weighted by atomic mass is 10.1. The van der Waals surface area contributed by atoms with Crippen LogP contribution in [-0.4, -0.2) is 31.9 Å². The van der Waals surface area contributed by atoms with Crippen molar-refractivity contribution in [1.82, 2.24) is 25.1 Å². The first-order chi connectivity index (χ1) is 8.54. The largest absolute Gasteiger partial charge is 0.419 e. The summed E-state index contributed by atoms with van der Waals surface area (Å²) in [5.74, 6) is 1.09. The van der Waals surface area contributed by atoms with E-state index in [1.54, 1.807) is 5.38 Å².